The molecule has 0 aliphatic carbocycles. The molecule has 0 aliphatic rings. The lowest BCUT2D eigenvalue weighted by atomic mass is 10.3. The number of quaternary nitrogens is 1. The van der Waals surface area contributed by atoms with Crippen molar-refractivity contribution in [3.05, 3.63) is 0 Å². The van der Waals surface area contributed by atoms with Crippen LogP contribution in [0.25, 0.3) is 0 Å². The summed E-state index contributed by atoms with van der Waals surface area (Å²) in [5.74, 6) is 0. The molecule has 0 bridgehead atoms. The molecule has 0 aromatic carbocycles. The van der Waals surface area contributed by atoms with Crippen molar-refractivity contribution in [1.29, 1.82) is 0 Å². The minimum atomic E-state index is -0.529. The van der Waals surface area contributed by atoms with Gasteiger partial charge in [-0.05, 0) is 13.8 Å². The van der Waals surface area contributed by atoms with E-state index in [1.807, 2.05) is 0 Å². The summed E-state index contributed by atoms with van der Waals surface area (Å²) in [6.45, 7) is 3.70. The molecule has 2 atom stereocenters. The fourth-order valence-corrected chi connectivity index (χ4v) is 0.765. The van der Waals surface area contributed by atoms with Crippen LogP contribution < -0.4 is 5.06 Å². The lowest BCUT2D eigenvalue weighted by Crippen LogP contribution is -3.11. The van der Waals surface area contributed by atoms with E-state index < -0.39 is 12.2 Å². The average Bonchev–Trinajstić information content (AvgIpc) is 1.58. The summed E-state index contributed by atoms with van der Waals surface area (Å²) in [6, 6.07) is 0. The van der Waals surface area contributed by atoms with E-state index in [9.17, 15) is 0 Å². The van der Waals surface area contributed by atoms with Gasteiger partial charge >= 0.3 is 0 Å². The van der Waals surface area contributed by atoms with E-state index in [0.717, 1.165) is 0 Å². The molecule has 10 heavy (non-hydrogen) atoms. The Hall–Kier alpha value is -0.160. The largest absolute Gasteiger partial charge is 0.387 e. The van der Waals surface area contributed by atoms with Crippen molar-refractivity contribution in [2.24, 2.45) is 0 Å². The molecule has 2 unspecified atom stereocenters. The van der Waals surface area contributed by atoms with Gasteiger partial charge in [0.25, 0.3) is 0 Å². The predicted octanol–water partition coefficient (Wildman–Crippen LogP) is -1.98. The molecule has 4 N–H and O–H groups in total. The maximum Gasteiger partial charge on any atom is 0.133 e. The van der Waals surface area contributed by atoms with Gasteiger partial charge in [0.1, 0.15) is 25.3 Å². The SMILES string of the molecule is CC(O)C[NH+](O)CC(C)O. The van der Waals surface area contributed by atoms with Gasteiger partial charge in [-0.1, -0.05) is 0 Å². The zero-order valence-electron chi connectivity index (χ0n) is 6.41. The fourth-order valence-electron chi connectivity index (χ4n) is 0.765. The normalized spacial score (nSPS) is 20.1. The number of aliphatic hydroxyl groups is 2. The van der Waals surface area contributed by atoms with Crippen LogP contribution in [0, 0.1) is 0 Å². The maximum absolute atomic E-state index is 8.99. The Morgan fingerprint density at radius 2 is 1.40 bits per heavy atom. The van der Waals surface area contributed by atoms with E-state index >= 15 is 0 Å². The van der Waals surface area contributed by atoms with E-state index in [4.69, 9.17) is 15.4 Å². The Morgan fingerprint density at radius 3 is 1.60 bits per heavy atom. The number of hydrogen-bond donors (Lipinski definition) is 4. The molecule has 0 aliphatic heterocycles. The van der Waals surface area contributed by atoms with Crippen LogP contribution in [0.3, 0.4) is 0 Å². The molecule has 0 saturated heterocycles. The highest BCUT2D eigenvalue weighted by Crippen LogP contribution is 1.72. The first-order valence-corrected chi connectivity index (χ1v) is 3.42. The van der Waals surface area contributed by atoms with Crippen LogP contribution in [-0.2, 0) is 0 Å². The molecule has 0 fully saturated rings. The van der Waals surface area contributed by atoms with Crippen molar-refractivity contribution in [2.45, 2.75) is 26.1 Å². The summed E-state index contributed by atoms with van der Waals surface area (Å²) in [4.78, 5) is 0. The molecule has 0 radical (unpaired) electrons. The third-order valence-corrected chi connectivity index (χ3v) is 1.06. The monoisotopic (exact) mass is 150 g/mol. The Bertz CT molecular complexity index is 75.1. The summed E-state index contributed by atoms with van der Waals surface area (Å²) in [5.41, 5.74) is 0. The number of nitrogens with one attached hydrogen (secondary N) is 1. The van der Waals surface area contributed by atoms with Gasteiger partial charge in [0, 0.05) is 0 Å². The Morgan fingerprint density at radius 1 is 1.10 bits per heavy atom. The number of aliphatic hydroxyl groups excluding tert-OH is 2. The molecular formula is C6H16NO3+. The predicted molar refractivity (Wildman–Crippen MR) is 35.8 cm³/mol. The van der Waals surface area contributed by atoms with Crippen LogP contribution >= 0.6 is 0 Å². The summed E-state index contributed by atoms with van der Waals surface area (Å²) in [5, 5.41) is 26.7. The van der Waals surface area contributed by atoms with E-state index in [-0.39, 0.29) is 18.2 Å². The van der Waals surface area contributed by atoms with E-state index in [1.54, 1.807) is 13.8 Å². The van der Waals surface area contributed by atoms with Gasteiger partial charge in [0.15, 0.2) is 0 Å². The second-order valence-corrected chi connectivity index (χ2v) is 2.67. The van der Waals surface area contributed by atoms with Crippen LogP contribution in [0.5, 0.6) is 0 Å². The highest BCUT2D eigenvalue weighted by atomic mass is 16.5. The highest BCUT2D eigenvalue weighted by molar-refractivity contribution is 4.40. The van der Waals surface area contributed by atoms with Crippen molar-refractivity contribution in [3.63, 3.8) is 0 Å². The van der Waals surface area contributed by atoms with Crippen molar-refractivity contribution >= 4 is 0 Å². The molecule has 0 heterocycles. The third kappa shape index (κ3) is 5.97. The van der Waals surface area contributed by atoms with Crippen molar-refractivity contribution in [1.82, 2.24) is 0 Å². The van der Waals surface area contributed by atoms with Crippen molar-refractivity contribution in [2.75, 3.05) is 13.1 Å². The second-order valence-electron chi connectivity index (χ2n) is 2.67. The summed E-state index contributed by atoms with van der Waals surface area (Å²) in [6.07, 6.45) is -1.06. The minimum Gasteiger partial charge on any atom is -0.387 e. The van der Waals surface area contributed by atoms with Gasteiger partial charge in [-0.25, -0.2) is 5.21 Å². The molecular weight excluding hydrogens is 134 g/mol. The van der Waals surface area contributed by atoms with Crippen molar-refractivity contribution < 1.29 is 20.5 Å². The lowest BCUT2D eigenvalue weighted by Gasteiger charge is -2.13. The second kappa shape index (κ2) is 4.62. The van der Waals surface area contributed by atoms with Gasteiger partial charge in [-0.15, -0.1) is 0 Å². The maximum atomic E-state index is 8.99. The van der Waals surface area contributed by atoms with Gasteiger partial charge in [0.05, 0.1) is 0 Å². The van der Waals surface area contributed by atoms with Gasteiger partial charge in [0.2, 0.25) is 0 Å². The quantitative estimate of drug-likeness (QED) is 0.351. The van der Waals surface area contributed by atoms with Crippen LogP contribution in [0.2, 0.25) is 0 Å². The first kappa shape index (κ1) is 9.84. The Labute approximate surface area is 60.7 Å². The molecule has 4 nitrogen and oxygen atoms in total. The van der Waals surface area contributed by atoms with Crippen LogP contribution in [0.15, 0.2) is 0 Å². The molecule has 0 aromatic rings. The highest BCUT2D eigenvalue weighted by Gasteiger charge is 2.10. The minimum absolute atomic E-state index is 0.157. The lowest BCUT2D eigenvalue weighted by molar-refractivity contribution is -1.09. The molecule has 62 valence electrons. The Balaban J connectivity index is 3.34. The first-order valence-electron chi connectivity index (χ1n) is 3.42. The first-order chi connectivity index (χ1) is 4.52. The molecule has 0 aromatic heterocycles. The van der Waals surface area contributed by atoms with Crippen LogP contribution in [0.4, 0.5) is 0 Å². The molecule has 0 spiro atoms. The topological polar surface area (TPSA) is 65.1 Å². The van der Waals surface area contributed by atoms with Crippen molar-refractivity contribution in [3.8, 4) is 0 Å². The van der Waals surface area contributed by atoms with Gasteiger partial charge in [-0.2, -0.15) is 5.06 Å². The summed E-state index contributed by atoms with van der Waals surface area (Å²) in [7, 11) is 0. The number of rotatable bonds is 4. The van der Waals surface area contributed by atoms with Crippen LogP contribution in [-0.4, -0.2) is 40.7 Å². The van der Waals surface area contributed by atoms with Crippen LogP contribution in [0.1, 0.15) is 13.8 Å². The van der Waals surface area contributed by atoms with E-state index in [0.29, 0.717) is 0 Å². The fraction of sp³-hybridized carbons (Fsp3) is 1.00. The zero-order chi connectivity index (χ0) is 8.15. The molecule has 4 heteroatoms. The number of hydroxylamine groups is 2. The Kier molecular flexibility index (Phi) is 4.55. The average molecular weight is 150 g/mol. The summed E-state index contributed by atoms with van der Waals surface area (Å²) < 4.78 is 0. The molecule has 0 rings (SSSR count). The van der Waals surface area contributed by atoms with Gasteiger partial charge in [-0.3, -0.25) is 0 Å². The van der Waals surface area contributed by atoms with E-state index in [1.165, 1.54) is 0 Å². The van der Waals surface area contributed by atoms with Gasteiger partial charge < -0.3 is 10.2 Å². The molecule has 0 amide bonds. The third-order valence-electron chi connectivity index (χ3n) is 1.06. The standard InChI is InChI=1S/C6H15NO3/c1-5(8)3-7(10)4-6(2)9/h5-6,8-10H,3-4H2,1-2H3/p+1. The smallest absolute Gasteiger partial charge is 0.133 e. The zero-order valence-corrected chi connectivity index (χ0v) is 6.41. The summed E-state index contributed by atoms with van der Waals surface area (Å²) >= 11 is 0. The molecule has 0 saturated carbocycles. The van der Waals surface area contributed by atoms with E-state index in [2.05, 4.69) is 0 Å². The number of hydrogen-bond acceptors (Lipinski definition) is 3.